The molecule has 7 nitrogen and oxygen atoms in total. The van der Waals surface area contributed by atoms with Crippen molar-refractivity contribution in [1.82, 2.24) is 4.98 Å². The summed E-state index contributed by atoms with van der Waals surface area (Å²) in [4.78, 5) is 25.1. The van der Waals surface area contributed by atoms with Gasteiger partial charge in [0, 0.05) is 6.07 Å². The molecule has 0 aliphatic rings. The standard InChI is InChI=1S/C10H10ClF2N3O4/c11-7-2-1-6(16(18)19)10(14-7)15-9(17)3-4-20-5-8(12)13/h1-2,8H,3-5H2,(H,14,15,17). The van der Waals surface area contributed by atoms with Crippen LogP contribution in [-0.4, -0.2) is 35.5 Å². The molecule has 1 rings (SSSR count). The molecule has 1 heterocycles. The molecule has 0 fully saturated rings. The van der Waals surface area contributed by atoms with Crippen molar-refractivity contribution in [3.8, 4) is 0 Å². The highest BCUT2D eigenvalue weighted by molar-refractivity contribution is 6.29. The van der Waals surface area contributed by atoms with E-state index in [-0.39, 0.29) is 24.0 Å². The van der Waals surface area contributed by atoms with Gasteiger partial charge < -0.3 is 10.1 Å². The molecular weight excluding hydrogens is 300 g/mol. The van der Waals surface area contributed by atoms with Crippen LogP contribution in [0.25, 0.3) is 0 Å². The van der Waals surface area contributed by atoms with E-state index in [0.29, 0.717) is 0 Å². The fourth-order valence-corrected chi connectivity index (χ4v) is 1.35. The summed E-state index contributed by atoms with van der Waals surface area (Å²) >= 11 is 5.57. The van der Waals surface area contributed by atoms with Gasteiger partial charge in [-0.2, -0.15) is 0 Å². The summed E-state index contributed by atoms with van der Waals surface area (Å²) in [6.07, 6.45) is -2.85. The summed E-state index contributed by atoms with van der Waals surface area (Å²) in [6, 6.07) is 2.30. The quantitative estimate of drug-likeness (QED) is 0.361. The number of hydrogen-bond donors (Lipinski definition) is 1. The third-order valence-electron chi connectivity index (χ3n) is 2.01. The molecule has 1 amide bonds. The van der Waals surface area contributed by atoms with Crippen molar-refractivity contribution < 1.29 is 23.2 Å². The van der Waals surface area contributed by atoms with Crippen molar-refractivity contribution in [1.29, 1.82) is 0 Å². The Bertz CT molecular complexity index is 501. The van der Waals surface area contributed by atoms with Gasteiger partial charge in [-0.3, -0.25) is 14.9 Å². The minimum Gasteiger partial charge on any atom is -0.375 e. The second-order valence-electron chi connectivity index (χ2n) is 3.52. The summed E-state index contributed by atoms with van der Waals surface area (Å²) in [6.45, 7) is -1.01. The average Bonchev–Trinajstić information content (AvgIpc) is 2.34. The first-order chi connectivity index (χ1) is 9.40. The zero-order valence-corrected chi connectivity index (χ0v) is 10.8. The van der Waals surface area contributed by atoms with Crippen molar-refractivity contribution in [3.05, 3.63) is 27.4 Å². The zero-order valence-electron chi connectivity index (χ0n) is 10.0. The van der Waals surface area contributed by atoms with E-state index in [9.17, 15) is 23.7 Å². The molecule has 20 heavy (non-hydrogen) atoms. The monoisotopic (exact) mass is 309 g/mol. The van der Waals surface area contributed by atoms with Crippen LogP contribution in [0.3, 0.4) is 0 Å². The van der Waals surface area contributed by atoms with E-state index in [4.69, 9.17) is 11.6 Å². The number of nitrogens with zero attached hydrogens (tertiary/aromatic N) is 2. The summed E-state index contributed by atoms with van der Waals surface area (Å²) in [5.41, 5.74) is -0.420. The molecule has 0 bridgehead atoms. The van der Waals surface area contributed by atoms with Gasteiger partial charge in [0.25, 0.3) is 6.43 Å². The van der Waals surface area contributed by atoms with Gasteiger partial charge in [-0.1, -0.05) is 11.6 Å². The molecule has 1 N–H and O–H groups in total. The van der Waals surface area contributed by atoms with Crippen molar-refractivity contribution >= 4 is 29.0 Å². The molecule has 0 radical (unpaired) electrons. The lowest BCUT2D eigenvalue weighted by atomic mass is 10.3. The van der Waals surface area contributed by atoms with Crippen molar-refractivity contribution in [3.63, 3.8) is 0 Å². The van der Waals surface area contributed by atoms with E-state index in [0.717, 1.165) is 6.07 Å². The SMILES string of the molecule is O=C(CCOCC(F)F)Nc1nc(Cl)ccc1[N+](=O)[O-]. The number of ether oxygens (including phenoxy) is 1. The number of rotatable bonds is 7. The Morgan fingerprint density at radius 1 is 1.55 bits per heavy atom. The first-order valence-corrected chi connectivity index (χ1v) is 5.74. The first kappa shape index (κ1) is 16.2. The number of pyridine rings is 1. The summed E-state index contributed by atoms with van der Waals surface area (Å²) < 4.78 is 28.0. The van der Waals surface area contributed by atoms with Crippen LogP contribution >= 0.6 is 11.6 Å². The van der Waals surface area contributed by atoms with Crippen LogP contribution in [0.5, 0.6) is 0 Å². The number of hydrogen-bond acceptors (Lipinski definition) is 5. The molecule has 0 unspecified atom stereocenters. The molecular formula is C10H10ClF2N3O4. The number of amides is 1. The van der Waals surface area contributed by atoms with Gasteiger partial charge in [-0.15, -0.1) is 0 Å². The highest BCUT2D eigenvalue weighted by Gasteiger charge is 2.17. The number of carbonyl (C=O) groups is 1. The Labute approximate surface area is 117 Å². The second kappa shape index (κ2) is 7.65. The number of anilines is 1. The molecule has 0 saturated carbocycles. The number of carbonyl (C=O) groups excluding carboxylic acids is 1. The van der Waals surface area contributed by atoms with Gasteiger partial charge in [-0.25, -0.2) is 13.8 Å². The minimum absolute atomic E-state index is 0.0279. The van der Waals surface area contributed by atoms with E-state index in [1.165, 1.54) is 6.07 Å². The maximum atomic E-state index is 11.8. The number of aromatic nitrogens is 1. The Hall–Kier alpha value is -1.87. The maximum absolute atomic E-state index is 11.8. The highest BCUT2D eigenvalue weighted by atomic mass is 35.5. The topological polar surface area (TPSA) is 94.4 Å². The van der Waals surface area contributed by atoms with Crippen LogP contribution in [0.15, 0.2) is 12.1 Å². The maximum Gasteiger partial charge on any atom is 0.311 e. The van der Waals surface area contributed by atoms with Gasteiger partial charge in [0.05, 0.1) is 18.0 Å². The fourth-order valence-electron chi connectivity index (χ4n) is 1.20. The molecule has 0 aliphatic carbocycles. The van der Waals surface area contributed by atoms with Crippen molar-refractivity contribution in [2.75, 3.05) is 18.5 Å². The van der Waals surface area contributed by atoms with Gasteiger partial charge in [0.2, 0.25) is 11.7 Å². The number of alkyl halides is 2. The second-order valence-corrected chi connectivity index (χ2v) is 3.91. The lowest BCUT2D eigenvalue weighted by molar-refractivity contribution is -0.384. The zero-order chi connectivity index (χ0) is 15.1. The summed E-state index contributed by atoms with van der Waals surface area (Å²) in [7, 11) is 0. The predicted molar refractivity (Wildman–Crippen MR) is 66.0 cm³/mol. The van der Waals surface area contributed by atoms with E-state index in [1.807, 2.05) is 0 Å². The van der Waals surface area contributed by atoms with Crippen LogP contribution in [0, 0.1) is 10.1 Å². The Kier molecular flexibility index (Phi) is 6.19. The van der Waals surface area contributed by atoms with Crippen molar-refractivity contribution in [2.45, 2.75) is 12.8 Å². The van der Waals surface area contributed by atoms with Gasteiger partial charge in [-0.05, 0) is 6.07 Å². The number of halogens is 3. The van der Waals surface area contributed by atoms with Crippen LogP contribution < -0.4 is 5.32 Å². The molecule has 0 atom stereocenters. The molecule has 110 valence electrons. The van der Waals surface area contributed by atoms with E-state index >= 15 is 0 Å². The van der Waals surface area contributed by atoms with Crippen LogP contribution in [0.2, 0.25) is 5.15 Å². The lowest BCUT2D eigenvalue weighted by Crippen LogP contribution is -2.17. The summed E-state index contributed by atoms with van der Waals surface area (Å²) in [5, 5.41) is 12.9. The fraction of sp³-hybridized carbons (Fsp3) is 0.400. The Morgan fingerprint density at radius 2 is 2.25 bits per heavy atom. The highest BCUT2D eigenvalue weighted by Crippen LogP contribution is 2.23. The van der Waals surface area contributed by atoms with Crippen molar-refractivity contribution in [2.24, 2.45) is 0 Å². The summed E-state index contributed by atoms with van der Waals surface area (Å²) in [5.74, 6) is -0.960. The van der Waals surface area contributed by atoms with Gasteiger partial charge in [0.15, 0.2) is 0 Å². The number of nitro groups is 1. The first-order valence-electron chi connectivity index (χ1n) is 5.37. The molecule has 10 heteroatoms. The Balaban J connectivity index is 2.57. The average molecular weight is 310 g/mol. The third kappa shape index (κ3) is 5.41. The Morgan fingerprint density at radius 3 is 2.85 bits per heavy atom. The van der Waals surface area contributed by atoms with Crippen LogP contribution in [0.4, 0.5) is 20.3 Å². The molecule has 1 aromatic heterocycles. The molecule has 0 saturated heterocycles. The molecule has 0 aliphatic heterocycles. The smallest absolute Gasteiger partial charge is 0.311 e. The molecule has 0 aromatic carbocycles. The minimum atomic E-state index is -2.62. The number of nitrogens with one attached hydrogen (secondary N) is 1. The third-order valence-corrected chi connectivity index (χ3v) is 2.22. The van der Waals surface area contributed by atoms with Gasteiger partial charge >= 0.3 is 5.69 Å². The van der Waals surface area contributed by atoms with E-state index < -0.39 is 29.6 Å². The largest absolute Gasteiger partial charge is 0.375 e. The van der Waals surface area contributed by atoms with E-state index in [1.54, 1.807) is 0 Å². The van der Waals surface area contributed by atoms with Crippen LogP contribution in [0.1, 0.15) is 6.42 Å². The predicted octanol–water partition coefficient (Wildman–Crippen LogP) is 2.25. The lowest BCUT2D eigenvalue weighted by Gasteiger charge is -2.06. The molecule has 0 spiro atoms. The molecule has 1 aromatic rings. The van der Waals surface area contributed by atoms with Gasteiger partial charge in [0.1, 0.15) is 11.8 Å². The van der Waals surface area contributed by atoms with E-state index in [2.05, 4.69) is 15.0 Å². The van der Waals surface area contributed by atoms with Crippen LogP contribution in [-0.2, 0) is 9.53 Å². The normalized spacial score (nSPS) is 10.6.